The Morgan fingerprint density at radius 3 is 2.59 bits per heavy atom. The van der Waals surface area contributed by atoms with Gasteiger partial charge >= 0.3 is 0 Å². The summed E-state index contributed by atoms with van der Waals surface area (Å²) in [4.78, 5) is 11.4. The Labute approximate surface area is 160 Å². The summed E-state index contributed by atoms with van der Waals surface area (Å²) in [6.07, 6.45) is 0.269. The van der Waals surface area contributed by atoms with Crippen LogP contribution in [0.25, 0.3) is 0 Å². The van der Waals surface area contributed by atoms with Gasteiger partial charge in [-0.2, -0.15) is 0 Å². The molecule has 0 spiro atoms. The van der Waals surface area contributed by atoms with Crippen LogP contribution in [0.2, 0.25) is 0 Å². The van der Waals surface area contributed by atoms with Crippen molar-refractivity contribution in [1.29, 1.82) is 0 Å². The third kappa shape index (κ3) is 6.58. The number of benzene rings is 2. The number of Topliss-reactive ketones (excluding diaryl/α,β-unsaturated/α-hetero) is 1. The van der Waals surface area contributed by atoms with Crippen LogP contribution in [0.3, 0.4) is 0 Å². The van der Waals surface area contributed by atoms with E-state index in [0.29, 0.717) is 23.6 Å². The highest BCUT2D eigenvalue weighted by molar-refractivity contribution is 5.94. The molecule has 0 saturated carbocycles. The van der Waals surface area contributed by atoms with Crippen molar-refractivity contribution in [2.24, 2.45) is 0 Å². The number of hydrogen-bond donors (Lipinski definition) is 2. The minimum absolute atomic E-state index is 0.00973. The predicted octanol–water partition coefficient (Wildman–Crippen LogP) is 1.45. The van der Waals surface area contributed by atoms with Gasteiger partial charge in [-0.1, -0.05) is 18.2 Å². The Morgan fingerprint density at radius 2 is 1.89 bits per heavy atom. The van der Waals surface area contributed by atoms with Gasteiger partial charge in [0.05, 0.1) is 20.8 Å². The zero-order chi connectivity index (χ0) is 19.6. The molecule has 0 unspecified atom stereocenters. The molecule has 3 N–H and O–H groups in total. The van der Waals surface area contributed by atoms with Crippen molar-refractivity contribution in [2.45, 2.75) is 19.4 Å². The van der Waals surface area contributed by atoms with Crippen LogP contribution in [0.5, 0.6) is 17.2 Å². The van der Waals surface area contributed by atoms with Crippen molar-refractivity contribution in [1.82, 2.24) is 0 Å². The average Bonchev–Trinajstić information content (AvgIpc) is 2.69. The summed E-state index contributed by atoms with van der Waals surface area (Å²) in [5, 5.41) is 12.1. The molecule has 0 aromatic heterocycles. The van der Waals surface area contributed by atoms with Crippen molar-refractivity contribution in [3.63, 3.8) is 0 Å². The first-order valence-corrected chi connectivity index (χ1v) is 8.98. The summed E-state index contributed by atoms with van der Waals surface area (Å²) in [5.41, 5.74) is 1.75. The zero-order valence-corrected chi connectivity index (χ0v) is 16.1. The van der Waals surface area contributed by atoms with E-state index in [2.05, 4.69) is 5.32 Å². The van der Waals surface area contributed by atoms with Gasteiger partial charge in [0.2, 0.25) is 0 Å². The Balaban J connectivity index is 1.71. The molecule has 1 atom stereocenters. The zero-order valence-electron chi connectivity index (χ0n) is 16.1. The molecule has 0 heterocycles. The first kappa shape index (κ1) is 20.7. The van der Waals surface area contributed by atoms with Gasteiger partial charge in [0, 0.05) is 12.0 Å². The van der Waals surface area contributed by atoms with Gasteiger partial charge in [-0.05, 0) is 36.8 Å². The van der Waals surface area contributed by atoms with Gasteiger partial charge < -0.3 is 24.6 Å². The number of aliphatic hydroxyl groups is 1. The van der Waals surface area contributed by atoms with Crippen molar-refractivity contribution in [3.05, 3.63) is 53.6 Å². The van der Waals surface area contributed by atoms with Gasteiger partial charge in [-0.15, -0.1) is 0 Å². The van der Waals surface area contributed by atoms with Crippen LogP contribution < -0.4 is 19.5 Å². The monoisotopic (exact) mass is 374 g/mol. The Morgan fingerprint density at radius 1 is 1.11 bits per heavy atom. The van der Waals surface area contributed by atoms with E-state index in [1.165, 1.54) is 6.92 Å². The molecule has 0 aliphatic rings. The molecular weight excluding hydrogens is 346 g/mol. The summed E-state index contributed by atoms with van der Waals surface area (Å²) < 4.78 is 16.1. The second kappa shape index (κ2) is 10.5. The molecule has 146 valence electrons. The van der Waals surface area contributed by atoms with Crippen LogP contribution in [0, 0.1) is 0 Å². The number of carbonyl (C=O) groups is 1. The van der Waals surface area contributed by atoms with Crippen LogP contribution in [0.1, 0.15) is 22.8 Å². The third-order valence-corrected chi connectivity index (χ3v) is 4.21. The SMILES string of the molecule is COc1ccc(CC[NH2+]C[C@@H](O)COc2cccc(C(C)=O)c2)cc1OC. The number of quaternary nitrogens is 1. The second-order valence-electron chi connectivity index (χ2n) is 6.30. The van der Waals surface area contributed by atoms with E-state index in [-0.39, 0.29) is 12.4 Å². The highest BCUT2D eigenvalue weighted by Crippen LogP contribution is 2.27. The van der Waals surface area contributed by atoms with Gasteiger partial charge in [-0.3, -0.25) is 4.79 Å². The maximum absolute atomic E-state index is 11.4. The summed E-state index contributed by atoms with van der Waals surface area (Å²) in [6, 6.07) is 12.9. The standard InChI is InChI=1S/C21H27NO5/c1-15(23)17-5-4-6-19(12-17)27-14-18(24)13-22-10-9-16-7-8-20(25-2)21(11-16)26-3/h4-8,11-12,18,22,24H,9-10,13-14H2,1-3H3/p+1/t18-/m1/s1. The average molecular weight is 374 g/mol. The van der Waals surface area contributed by atoms with E-state index in [9.17, 15) is 9.90 Å². The first-order valence-electron chi connectivity index (χ1n) is 8.98. The van der Waals surface area contributed by atoms with Crippen LogP contribution in [0.15, 0.2) is 42.5 Å². The van der Waals surface area contributed by atoms with E-state index >= 15 is 0 Å². The van der Waals surface area contributed by atoms with Crippen LogP contribution >= 0.6 is 0 Å². The van der Waals surface area contributed by atoms with E-state index in [4.69, 9.17) is 14.2 Å². The molecule has 0 radical (unpaired) electrons. The Kier molecular flexibility index (Phi) is 8.10. The lowest BCUT2D eigenvalue weighted by molar-refractivity contribution is -0.660. The number of carbonyl (C=O) groups excluding carboxylic acids is 1. The minimum Gasteiger partial charge on any atom is -0.493 e. The van der Waals surface area contributed by atoms with E-state index in [1.54, 1.807) is 38.5 Å². The molecule has 0 saturated heterocycles. The third-order valence-electron chi connectivity index (χ3n) is 4.21. The van der Waals surface area contributed by atoms with Crippen molar-refractivity contribution in [3.8, 4) is 17.2 Å². The molecule has 2 aromatic rings. The minimum atomic E-state index is -0.587. The molecule has 0 bridgehead atoms. The fourth-order valence-corrected chi connectivity index (χ4v) is 2.68. The topological polar surface area (TPSA) is 81.6 Å². The molecule has 0 amide bonds. The van der Waals surface area contributed by atoms with Gasteiger partial charge in [0.25, 0.3) is 0 Å². The molecule has 0 aliphatic heterocycles. The summed E-state index contributed by atoms with van der Waals surface area (Å²) in [6.45, 7) is 3.08. The number of rotatable bonds is 11. The number of hydrogen-bond acceptors (Lipinski definition) is 5. The number of ether oxygens (including phenoxy) is 3. The maximum Gasteiger partial charge on any atom is 0.160 e. The normalized spacial score (nSPS) is 11.7. The van der Waals surface area contributed by atoms with Gasteiger partial charge in [0.1, 0.15) is 25.0 Å². The fourth-order valence-electron chi connectivity index (χ4n) is 2.68. The second-order valence-corrected chi connectivity index (χ2v) is 6.30. The smallest absolute Gasteiger partial charge is 0.160 e. The van der Waals surface area contributed by atoms with Crippen molar-refractivity contribution >= 4 is 5.78 Å². The highest BCUT2D eigenvalue weighted by Gasteiger charge is 2.09. The van der Waals surface area contributed by atoms with Crippen molar-refractivity contribution in [2.75, 3.05) is 33.9 Å². The molecule has 2 aromatic carbocycles. The quantitative estimate of drug-likeness (QED) is 0.460. The summed E-state index contributed by atoms with van der Waals surface area (Å²) in [7, 11) is 3.24. The summed E-state index contributed by atoms with van der Waals surface area (Å²) in [5.74, 6) is 2.01. The Hall–Kier alpha value is -2.57. The maximum atomic E-state index is 11.4. The molecule has 6 nitrogen and oxygen atoms in total. The predicted molar refractivity (Wildman–Crippen MR) is 103 cm³/mol. The first-order chi connectivity index (χ1) is 13.0. The molecule has 27 heavy (non-hydrogen) atoms. The van der Waals surface area contributed by atoms with Crippen molar-refractivity contribution < 1.29 is 29.4 Å². The summed E-state index contributed by atoms with van der Waals surface area (Å²) >= 11 is 0. The lowest BCUT2D eigenvalue weighted by Crippen LogP contribution is -2.87. The molecule has 0 fully saturated rings. The van der Waals surface area contributed by atoms with E-state index < -0.39 is 6.10 Å². The number of aliphatic hydroxyl groups excluding tert-OH is 1. The largest absolute Gasteiger partial charge is 0.493 e. The van der Waals surface area contributed by atoms with E-state index in [0.717, 1.165) is 24.3 Å². The molecule has 0 aliphatic carbocycles. The van der Waals surface area contributed by atoms with Gasteiger partial charge in [0.15, 0.2) is 17.3 Å². The highest BCUT2D eigenvalue weighted by atomic mass is 16.5. The molecule has 6 heteroatoms. The molecular formula is C21H28NO5+. The van der Waals surface area contributed by atoms with E-state index in [1.807, 2.05) is 18.2 Å². The van der Waals surface area contributed by atoms with Crippen LogP contribution in [-0.4, -0.2) is 50.9 Å². The molecule has 2 rings (SSSR count). The number of nitrogens with two attached hydrogens (primary N) is 1. The lowest BCUT2D eigenvalue weighted by atomic mass is 10.1. The lowest BCUT2D eigenvalue weighted by Gasteiger charge is -2.12. The Bertz CT molecular complexity index is 747. The van der Waals surface area contributed by atoms with Crippen LogP contribution in [0.4, 0.5) is 0 Å². The fraction of sp³-hybridized carbons (Fsp3) is 0.381. The number of methoxy groups -OCH3 is 2. The van der Waals surface area contributed by atoms with Crippen LogP contribution in [-0.2, 0) is 6.42 Å². The van der Waals surface area contributed by atoms with Gasteiger partial charge in [-0.25, -0.2) is 0 Å². The number of ketones is 1.